The number of carbonyl (C=O) groups excluding carboxylic acids is 2. The van der Waals surface area contributed by atoms with Crippen molar-refractivity contribution < 1.29 is 19.4 Å². The number of anilines is 1. The van der Waals surface area contributed by atoms with E-state index in [1.165, 1.54) is 0 Å². The number of rotatable bonds is 12. The van der Waals surface area contributed by atoms with E-state index in [2.05, 4.69) is 72.0 Å². The minimum absolute atomic E-state index is 0.150. The number of nitrogens with zero attached hydrogens (tertiary/aromatic N) is 4. The first kappa shape index (κ1) is 33.9. The number of hydrogen-bond acceptors (Lipinski definition) is 7. The highest BCUT2D eigenvalue weighted by molar-refractivity contribution is 5.97. The van der Waals surface area contributed by atoms with E-state index in [1.807, 2.05) is 53.1 Å². The molecular formula is C36H47N7O4. The summed E-state index contributed by atoms with van der Waals surface area (Å²) in [5.74, 6) is 1.36. The molecule has 0 fully saturated rings. The Balaban J connectivity index is 1.28. The maximum absolute atomic E-state index is 13.3. The summed E-state index contributed by atoms with van der Waals surface area (Å²) >= 11 is 0. The van der Waals surface area contributed by atoms with Crippen molar-refractivity contribution in [1.82, 2.24) is 30.1 Å². The molecule has 2 aromatic carbocycles. The number of amides is 3. The van der Waals surface area contributed by atoms with Gasteiger partial charge in [-0.05, 0) is 98.8 Å². The summed E-state index contributed by atoms with van der Waals surface area (Å²) in [6.45, 7) is 7.20. The Hall–Kier alpha value is -4.48. The van der Waals surface area contributed by atoms with E-state index < -0.39 is 0 Å². The lowest BCUT2D eigenvalue weighted by Gasteiger charge is -2.32. The van der Waals surface area contributed by atoms with Crippen molar-refractivity contribution in [3.63, 3.8) is 0 Å². The molecule has 11 heteroatoms. The number of aliphatic hydroxyl groups is 1. The van der Waals surface area contributed by atoms with Crippen molar-refractivity contribution in [3.05, 3.63) is 88.9 Å². The quantitative estimate of drug-likeness (QED) is 0.152. The van der Waals surface area contributed by atoms with Gasteiger partial charge < -0.3 is 30.7 Å². The number of ether oxygens (including phenoxy) is 1. The van der Waals surface area contributed by atoms with Crippen molar-refractivity contribution >= 4 is 23.3 Å². The molecule has 0 spiro atoms. The van der Waals surface area contributed by atoms with E-state index in [1.54, 1.807) is 6.07 Å². The summed E-state index contributed by atoms with van der Waals surface area (Å²) < 4.78 is 8.58. The molecule has 0 saturated carbocycles. The maximum atomic E-state index is 13.3. The predicted octanol–water partition coefficient (Wildman–Crippen LogP) is 5.41. The predicted molar refractivity (Wildman–Crippen MR) is 183 cm³/mol. The van der Waals surface area contributed by atoms with Crippen LogP contribution in [0.25, 0.3) is 5.65 Å². The summed E-state index contributed by atoms with van der Waals surface area (Å²) in [7, 11) is 4.17. The van der Waals surface area contributed by atoms with E-state index >= 15 is 0 Å². The lowest BCUT2D eigenvalue weighted by Crippen LogP contribution is -2.35. The molecule has 0 bridgehead atoms. The zero-order chi connectivity index (χ0) is 33.6. The van der Waals surface area contributed by atoms with E-state index in [9.17, 15) is 9.59 Å². The van der Waals surface area contributed by atoms with E-state index in [0.29, 0.717) is 24.1 Å². The average molecular weight is 642 g/mol. The summed E-state index contributed by atoms with van der Waals surface area (Å²) in [6.07, 6.45) is 6.18. The third-order valence-electron chi connectivity index (χ3n) is 8.44. The smallest absolute Gasteiger partial charge is 0.319 e. The van der Waals surface area contributed by atoms with Crippen molar-refractivity contribution in [1.29, 1.82) is 0 Å². The molecule has 1 aliphatic carbocycles. The van der Waals surface area contributed by atoms with Gasteiger partial charge in [-0.1, -0.05) is 45.0 Å². The van der Waals surface area contributed by atoms with Crippen LogP contribution in [0.2, 0.25) is 0 Å². The number of aromatic nitrogens is 3. The van der Waals surface area contributed by atoms with Gasteiger partial charge in [0.1, 0.15) is 17.7 Å². The molecule has 11 nitrogen and oxygen atoms in total. The summed E-state index contributed by atoms with van der Waals surface area (Å²) in [5.41, 5.74) is 4.46. The number of nitrogens with one attached hydrogen (secondary N) is 3. The second-order valence-electron chi connectivity index (χ2n) is 13.5. The fraction of sp³-hybridized carbons (Fsp3) is 0.444. The molecule has 2 heterocycles. The highest BCUT2D eigenvalue weighted by atomic mass is 16.5. The number of urea groups is 1. The average Bonchev–Trinajstić information content (AvgIpc) is 3.44. The van der Waals surface area contributed by atoms with Crippen LogP contribution < -0.4 is 20.7 Å². The monoisotopic (exact) mass is 641 g/mol. The molecule has 0 aliphatic heterocycles. The van der Waals surface area contributed by atoms with Crippen molar-refractivity contribution in [2.75, 3.05) is 39.1 Å². The summed E-state index contributed by atoms with van der Waals surface area (Å²) in [5, 5.41) is 26.7. The normalized spacial score (nSPS) is 16.1. The third-order valence-corrected chi connectivity index (χ3v) is 8.44. The van der Waals surface area contributed by atoms with Crippen LogP contribution in [0.3, 0.4) is 0 Å². The van der Waals surface area contributed by atoms with Gasteiger partial charge in [0, 0.05) is 24.2 Å². The van der Waals surface area contributed by atoms with Gasteiger partial charge in [-0.25, -0.2) is 4.79 Å². The fourth-order valence-electron chi connectivity index (χ4n) is 5.92. The standard InChI is InChI=1S/C36H47N7O4/c1-36(2,3)25-20-24(34(45)37-17-19-44)21-26(22-25)38-35(46)39-30-14-15-31(29-11-7-6-10-28(29)30)47-27-13-16-33-41-40-32(43(33)23-27)12-8-9-18-42(4)5/h6-7,10-11,13,16,20-23,30-31,44H,8-9,12,14-15,17-19H2,1-5H3,(H,37,45)(H2,38,39,46)/t30-,31+/m0/s1. The van der Waals surface area contributed by atoms with Crippen LogP contribution in [0.5, 0.6) is 5.75 Å². The van der Waals surface area contributed by atoms with Gasteiger partial charge in [-0.2, -0.15) is 0 Å². The van der Waals surface area contributed by atoms with Crippen LogP contribution in [0.1, 0.15) is 91.5 Å². The van der Waals surface area contributed by atoms with Crippen LogP contribution in [0, 0.1) is 0 Å². The van der Waals surface area contributed by atoms with Gasteiger partial charge in [0.25, 0.3) is 5.91 Å². The molecule has 4 N–H and O–H groups in total. The van der Waals surface area contributed by atoms with Gasteiger partial charge in [0.05, 0.1) is 18.8 Å². The molecule has 47 heavy (non-hydrogen) atoms. The molecule has 2 atom stereocenters. The number of benzene rings is 2. The summed E-state index contributed by atoms with van der Waals surface area (Å²) in [4.78, 5) is 28.2. The Morgan fingerprint density at radius 2 is 1.81 bits per heavy atom. The highest BCUT2D eigenvalue weighted by Gasteiger charge is 2.30. The minimum Gasteiger partial charge on any atom is -0.484 e. The molecular weight excluding hydrogens is 594 g/mol. The number of aliphatic hydroxyl groups excluding tert-OH is 1. The second kappa shape index (κ2) is 15.0. The van der Waals surface area contributed by atoms with Crippen LogP contribution >= 0.6 is 0 Å². The number of unbranched alkanes of at least 4 members (excludes halogenated alkanes) is 1. The molecule has 0 radical (unpaired) electrons. The lowest BCUT2D eigenvalue weighted by molar-refractivity contribution is 0.0944. The number of hydrogen-bond donors (Lipinski definition) is 4. The van der Waals surface area contributed by atoms with Crippen LogP contribution in [-0.4, -0.2) is 70.3 Å². The maximum Gasteiger partial charge on any atom is 0.319 e. The van der Waals surface area contributed by atoms with Gasteiger partial charge in [-0.3, -0.25) is 9.20 Å². The zero-order valence-electron chi connectivity index (χ0n) is 28.0. The van der Waals surface area contributed by atoms with Crippen molar-refractivity contribution in [2.45, 2.75) is 70.4 Å². The molecule has 2 aromatic heterocycles. The lowest BCUT2D eigenvalue weighted by atomic mass is 9.85. The zero-order valence-corrected chi connectivity index (χ0v) is 28.0. The topological polar surface area (TPSA) is 133 Å². The van der Waals surface area contributed by atoms with Gasteiger partial charge >= 0.3 is 6.03 Å². The Morgan fingerprint density at radius 3 is 2.55 bits per heavy atom. The second-order valence-corrected chi connectivity index (χ2v) is 13.5. The Kier molecular flexibility index (Phi) is 10.8. The highest BCUT2D eigenvalue weighted by Crippen LogP contribution is 2.39. The van der Waals surface area contributed by atoms with Crippen LogP contribution in [0.4, 0.5) is 10.5 Å². The molecule has 0 unspecified atom stereocenters. The third kappa shape index (κ3) is 8.66. The van der Waals surface area contributed by atoms with Crippen molar-refractivity contribution in [3.8, 4) is 5.75 Å². The van der Waals surface area contributed by atoms with Crippen molar-refractivity contribution in [2.24, 2.45) is 0 Å². The van der Waals surface area contributed by atoms with Gasteiger partial charge in [0.2, 0.25) is 0 Å². The number of pyridine rings is 1. The van der Waals surface area contributed by atoms with Gasteiger partial charge in [-0.15, -0.1) is 10.2 Å². The largest absolute Gasteiger partial charge is 0.484 e. The van der Waals surface area contributed by atoms with Gasteiger partial charge in [0.15, 0.2) is 5.65 Å². The number of fused-ring (bicyclic) bond motifs is 2. The first-order chi connectivity index (χ1) is 22.5. The Bertz CT molecular complexity index is 1690. The van der Waals surface area contributed by atoms with E-state index in [4.69, 9.17) is 9.84 Å². The first-order valence-corrected chi connectivity index (χ1v) is 16.4. The fourth-order valence-corrected chi connectivity index (χ4v) is 5.92. The van der Waals surface area contributed by atoms with Crippen LogP contribution in [-0.2, 0) is 11.8 Å². The molecule has 4 aromatic rings. The Morgan fingerprint density at radius 1 is 1.02 bits per heavy atom. The first-order valence-electron chi connectivity index (χ1n) is 16.4. The molecule has 5 rings (SSSR count). The van der Waals surface area contributed by atoms with Crippen LogP contribution in [0.15, 0.2) is 60.8 Å². The molecule has 1 aliphatic rings. The SMILES string of the molecule is CN(C)CCCCc1nnc2ccc(O[C@@H]3CC[C@H](NC(=O)Nc4cc(C(=O)NCCO)cc(C(C)(C)C)c4)c4ccccc43)cn12. The van der Waals surface area contributed by atoms with E-state index in [-0.39, 0.29) is 42.7 Å². The summed E-state index contributed by atoms with van der Waals surface area (Å²) in [6, 6.07) is 16.7. The van der Waals surface area contributed by atoms with E-state index in [0.717, 1.165) is 59.7 Å². The minimum atomic E-state index is -0.354. The molecule has 250 valence electrons. The molecule has 0 saturated heterocycles. The Labute approximate surface area is 276 Å². The number of carbonyl (C=O) groups is 2. The molecule has 3 amide bonds. The number of aryl methyl sites for hydroxylation is 1.